The Labute approximate surface area is 530 Å². The molecule has 0 saturated heterocycles. The number of fused-ring (bicyclic) bond motifs is 7. The van der Waals surface area contributed by atoms with E-state index in [2.05, 4.69) is 331 Å². The van der Waals surface area contributed by atoms with Crippen LogP contribution in [0.4, 0.5) is 34.1 Å². The molecule has 0 aliphatic carbocycles. The molecule has 13 aromatic carbocycles. The summed E-state index contributed by atoms with van der Waals surface area (Å²) in [6.45, 7) is 1.79. The number of aryl methyl sites for hydroxylation is 1. The molecule has 4 heterocycles. The Bertz CT molecular complexity index is 5230. The van der Waals surface area contributed by atoms with Crippen molar-refractivity contribution in [3.05, 3.63) is 333 Å². The van der Waals surface area contributed by atoms with E-state index in [4.69, 9.17) is 4.98 Å². The Kier molecular flexibility index (Phi) is 12.9. The van der Waals surface area contributed by atoms with E-state index in [9.17, 15) is 5.26 Å². The van der Waals surface area contributed by atoms with Gasteiger partial charge in [-0.25, -0.2) is 0 Å². The van der Waals surface area contributed by atoms with Crippen LogP contribution in [0.3, 0.4) is 0 Å². The van der Waals surface area contributed by atoms with Gasteiger partial charge in [0, 0.05) is 72.7 Å². The second-order valence-electron chi connectivity index (χ2n) is 23.7. The van der Waals surface area contributed by atoms with Gasteiger partial charge in [0.1, 0.15) is 0 Å². The number of nitriles is 1. The zero-order valence-electron chi connectivity index (χ0n) is 49.9. The highest BCUT2D eigenvalue weighted by Gasteiger charge is 2.46. The molecule has 424 valence electrons. The maximum Gasteiger partial charge on any atom is 0.252 e. The Morgan fingerprint density at radius 2 is 0.747 bits per heavy atom. The molecule has 2 aliphatic heterocycles. The van der Waals surface area contributed by atoms with Gasteiger partial charge in [0.15, 0.2) is 0 Å². The fourth-order valence-electron chi connectivity index (χ4n) is 14.4. The first-order valence-electron chi connectivity index (χ1n) is 31.1. The normalized spacial score (nSPS) is 12.2. The zero-order chi connectivity index (χ0) is 60.5. The van der Waals surface area contributed by atoms with Crippen LogP contribution in [0.15, 0.2) is 322 Å². The summed E-state index contributed by atoms with van der Waals surface area (Å²) in [4.78, 5) is 10.2. The van der Waals surface area contributed by atoms with E-state index in [1.807, 2.05) is 18.2 Å². The molecule has 0 bridgehead atoms. The summed E-state index contributed by atoms with van der Waals surface area (Å²) < 4.78 is 2.45. The van der Waals surface area contributed by atoms with Gasteiger partial charge in [0.2, 0.25) is 0 Å². The summed E-state index contributed by atoms with van der Waals surface area (Å²) in [5.74, 6) is 0. The van der Waals surface area contributed by atoms with Crippen molar-refractivity contribution in [3.8, 4) is 89.8 Å². The number of para-hydroxylation sites is 4. The third kappa shape index (κ3) is 8.97. The number of benzene rings is 13. The molecule has 0 radical (unpaired) electrons. The van der Waals surface area contributed by atoms with Gasteiger partial charge >= 0.3 is 0 Å². The molecule has 0 fully saturated rings. The lowest BCUT2D eigenvalue weighted by Gasteiger charge is -2.46. The summed E-state index contributed by atoms with van der Waals surface area (Å²) in [6.07, 6.45) is 0. The van der Waals surface area contributed by atoms with Gasteiger partial charge < -0.3 is 14.4 Å². The van der Waals surface area contributed by atoms with Crippen LogP contribution < -0.4 is 26.2 Å². The molecule has 6 heteroatoms. The van der Waals surface area contributed by atoms with Gasteiger partial charge in [-0.2, -0.15) is 5.26 Å². The molecule has 0 amide bonds. The van der Waals surface area contributed by atoms with Crippen molar-refractivity contribution < 1.29 is 0 Å². The highest BCUT2D eigenvalue weighted by molar-refractivity contribution is 7.00. The largest absolute Gasteiger partial charge is 0.310 e. The van der Waals surface area contributed by atoms with Gasteiger partial charge in [-0.1, -0.05) is 249 Å². The van der Waals surface area contributed by atoms with E-state index in [1.54, 1.807) is 0 Å². The molecular formula is C85H56BN5. The predicted molar refractivity (Wildman–Crippen MR) is 380 cm³/mol. The Hall–Kier alpha value is -12.0. The minimum absolute atomic E-state index is 0.265. The topological polar surface area (TPSA) is 48.1 Å². The summed E-state index contributed by atoms with van der Waals surface area (Å²) in [6, 6.07) is 120. The Morgan fingerprint density at radius 3 is 1.27 bits per heavy atom. The lowest BCUT2D eigenvalue weighted by molar-refractivity contribution is 1.17. The standard InChI is InChI=1S/C85H56BN5/c1-56-23-18-42-76(88-56)65-35-20-34-63(50-65)64-45-47-74-79(51-64)90(84-68(58-25-6-2-7-26-58)38-21-39-69(84)59-27-8-3-9-28-59)81-52-66(62-33-19-24-57(49-62)55-87)53-82-83(81)86(74)75-48-46-67(89-77-43-16-14-36-72(77)73-37-15-17-44-78(73)89)54-80(75)91(82)85-70(60-29-10-4-11-30-60)40-22-41-71(85)61-31-12-5-13-32-61/h2-54H,1H3. The van der Waals surface area contributed by atoms with Crippen molar-refractivity contribution in [1.82, 2.24) is 9.55 Å². The van der Waals surface area contributed by atoms with Crippen molar-refractivity contribution in [2.75, 3.05) is 9.80 Å². The third-order valence-electron chi connectivity index (χ3n) is 18.5. The molecule has 17 rings (SSSR count). The molecule has 15 aromatic rings. The quantitative estimate of drug-likeness (QED) is 0.128. The van der Waals surface area contributed by atoms with Crippen LogP contribution in [-0.4, -0.2) is 16.3 Å². The first kappa shape index (κ1) is 53.2. The number of hydrogen-bond acceptors (Lipinski definition) is 4. The average Bonchev–Trinajstić information content (AvgIpc) is 1.02. The Morgan fingerprint density at radius 1 is 0.330 bits per heavy atom. The first-order valence-corrected chi connectivity index (χ1v) is 31.1. The average molecular weight is 1160 g/mol. The number of nitrogens with zero attached hydrogens (tertiary/aromatic N) is 5. The highest BCUT2D eigenvalue weighted by atomic mass is 15.2. The number of hydrogen-bond donors (Lipinski definition) is 0. The van der Waals surface area contributed by atoms with Crippen LogP contribution in [-0.2, 0) is 0 Å². The van der Waals surface area contributed by atoms with Crippen LogP contribution >= 0.6 is 0 Å². The molecule has 0 unspecified atom stereocenters. The second-order valence-corrected chi connectivity index (χ2v) is 23.7. The highest BCUT2D eigenvalue weighted by Crippen LogP contribution is 2.54. The summed E-state index contributed by atoms with van der Waals surface area (Å²) >= 11 is 0. The minimum Gasteiger partial charge on any atom is -0.310 e. The van der Waals surface area contributed by atoms with E-state index in [1.165, 1.54) is 27.2 Å². The number of rotatable bonds is 10. The molecule has 2 aromatic heterocycles. The fraction of sp³-hybridized carbons (Fsp3) is 0.0118. The van der Waals surface area contributed by atoms with E-state index in [0.29, 0.717) is 5.56 Å². The van der Waals surface area contributed by atoms with Crippen LogP contribution in [0.25, 0.3) is 106 Å². The maximum absolute atomic E-state index is 10.7. The van der Waals surface area contributed by atoms with Crippen LogP contribution in [0.2, 0.25) is 0 Å². The molecule has 5 nitrogen and oxygen atoms in total. The lowest BCUT2D eigenvalue weighted by Crippen LogP contribution is -2.61. The van der Waals surface area contributed by atoms with Crippen LogP contribution in [0.1, 0.15) is 11.3 Å². The van der Waals surface area contributed by atoms with Gasteiger partial charge in [-0.3, -0.25) is 4.98 Å². The van der Waals surface area contributed by atoms with E-state index >= 15 is 0 Å². The monoisotopic (exact) mass is 1160 g/mol. The molecule has 0 N–H and O–H groups in total. The lowest BCUT2D eigenvalue weighted by atomic mass is 9.33. The van der Waals surface area contributed by atoms with E-state index in [-0.39, 0.29) is 6.71 Å². The summed E-state index contributed by atoms with van der Waals surface area (Å²) in [7, 11) is 0. The second kappa shape index (κ2) is 22.0. The SMILES string of the molecule is Cc1cccc(-c2cccc(-c3ccc4c(c3)N(c3c(-c5ccccc5)cccc3-c3ccccc3)c3cc(-c5cccc(C#N)c5)cc5c3B4c3ccc(-n4c6ccccc6c6ccccc64)cc3N5c3c(-c4ccccc4)cccc3-c3ccccc3)c2)n1. The van der Waals surface area contributed by atoms with Crippen molar-refractivity contribution >= 4 is 79.0 Å². The molecule has 0 atom stereocenters. The maximum atomic E-state index is 10.7. The number of anilines is 6. The van der Waals surface area contributed by atoms with Gasteiger partial charge in [0.05, 0.1) is 39.7 Å². The van der Waals surface area contributed by atoms with Gasteiger partial charge in [0.25, 0.3) is 6.71 Å². The number of aromatic nitrogens is 2. The molecule has 91 heavy (non-hydrogen) atoms. The third-order valence-corrected chi connectivity index (χ3v) is 18.5. The smallest absolute Gasteiger partial charge is 0.252 e. The van der Waals surface area contributed by atoms with E-state index in [0.717, 1.165) is 135 Å². The fourth-order valence-corrected chi connectivity index (χ4v) is 14.4. The summed E-state index contributed by atoms with van der Waals surface area (Å²) in [5.41, 5.74) is 29.7. The van der Waals surface area contributed by atoms with Crippen molar-refractivity contribution in [2.24, 2.45) is 0 Å². The predicted octanol–water partition coefficient (Wildman–Crippen LogP) is 20.1. The zero-order valence-corrected chi connectivity index (χ0v) is 49.9. The molecular weight excluding hydrogens is 1100 g/mol. The van der Waals surface area contributed by atoms with E-state index < -0.39 is 0 Å². The van der Waals surface area contributed by atoms with Gasteiger partial charge in [-0.15, -0.1) is 0 Å². The summed E-state index contributed by atoms with van der Waals surface area (Å²) in [5, 5.41) is 13.1. The Balaban J connectivity index is 1.04. The molecule has 2 aliphatic rings. The molecule has 0 saturated carbocycles. The van der Waals surface area contributed by atoms with Gasteiger partial charge in [-0.05, 0) is 141 Å². The minimum atomic E-state index is -0.265. The number of pyridine rings is 1. The molecule has 0 spiro atoms. The van der Waals surface area contributed by atoms with Crippen molar-refractivity contribution in [2.45, 2.75) is 6.92 Å². The van der Waals surface area contributed by atoms with Crippen molar-refractivity contribution in [1.29, 1.82) is 5.26 Å². The van der Waals surface area contributed by atoms with Crippen molar-refractivity contribution in [3.63, 3.8) is 0 Å². The first-order chi connectivity index (χ1) is 45.0. The van der Waals surface area contributed by atoms with Crippen LogP contribution in [0, 0.1) is 18.3 Å². The van der Waals surface area contributed by atoms with Crippen LogP contribution in [0.5, 0.6) is 0 Å².